The monoisotopic (exact) mass is 547 g/mol. The van der Waals surface area contributed by atoms with Gasteiger partial charge in [0.2, 0.25) is 0 Å². The average Bonchev–Trinajstić information content (AvgIpc) is 2.89. The van der Waals surface area contributed by atoms with Crippen LogP contribution in [0.1, 0.15) is 34.0 Å². The fourth-order valence-corrected chi connectivity index (χ4v) is 5.55. The Morgan fingerprint density at radius 2 is 1.78 bits per heavy atom. The van der Waals surface area contributed by atoms with E-state index in [-0.39, 0.29) is 34.9 Å². The fraction of sp³-hybridized carbons (Fsp3) is 0.250. The number of likely N-dealkylation sites (tertiary alicyclic amines) is 1. The third-order valence-corrected chi connectivity index (χ3v) is 7.48. The van der Waals surface area contributed by atoms with Crippen molar-refractivity contribution in [3.05, 3.63) is 104 Å². The number of hydrogen-bond acceptors (Lipinski definition) is 4. The molecule has 3 heterocycles. The molecule has 1 N–H and O–H groups in total. The van der Waals surface area contributed by atoms with Gasteiger partial charge in [-0.1, -0.05) is 30.3 Å². The summed E-state index contributed by atoms with van der Waals surface area (Å²) in [7, 11) is 1.59. The van der Waals surface area contributed by atoms with Gasteiger partial charge < -0.3 is 19.5 Å². The van der Waals surface area contributed by atoms with Crippen LogP contribution in [0.4, 0.5) is 0 Å². The molecule has 0 aliphatic carbocycles. The van der Waals surface area contributed by atoms with E-state index < -0.39 is 0 Å². The molecule has 5 rings (SSSR count). The first-order chi connectivity index (χ1) is 17.4. The first-order valence-corrected chi connectivity index (χ1v) is 12.6. The number of piperidine rings is 1. The third-order valence-electron chi connectivity index (χ3n) is 6.79. The highest BCUT2D eigenvalue weighted by molar-refractivity contribution is 9.10. The lowest BCUT2D eigenvalue weighted by Gasteiger charge is -2.43. The number of amides is 2. The summed E-state index contributed by atoms with van der Waals surface area (Å²) in [6.45, 7) is 1.61. The van der Waals surface area contributed by atoms with Gasteiger partial charge in [-0.15, -0.1) is 0 Å². The summed E-state index contributed by atoms with van der Waals surface area (Å²) in [5.41, 5.74) is 2.37. The van der Waals surface area contributed by atoms with Gasteiger partial charge in [0.05, 0.1) is 12.7 Å². The number of benzene rings is 2. The topological polar surface area (TPSA) is 80.6 Å². The zero-order valence-electron chi connectivity index (χ0n) is 19.8. The van der Waals surface area contributed by atoms with Crippen LogP contribution < -0.4 is 15.6 Å². The van der Waals surface area contributed by atoms with Crippen molar-refractivity contribution in [2.24, 2.45) is 5.92 Å². The predicted octanol–water partition coefficient (Wildman–Crippen LogP) is 4.04. The molecule has 1 aromatic heterocycles. The summed E-state index contributed by atoms with van der Waals surface area (Å²) in [5, 5.41) is 2.86. The summed E-state index contributed by atoms with van der Waals surface area (Å²) < 4.78 is 7.72. The van der Waals surface area contributed by atoms with E-state index in [9.17, 15) is 14.4 Å². The Balaban J connectivity index is 1.45. The molecule has 1 fully saturated rings. The molecular formula is C28H26BrN3O4. The smallest absolute Gasteiger partial charge is 0.270 e. The number of carbonyl (C=O) groups excluding carboxylic acids is 2. The van der Waals surface area contributed by atoms with E-state index in [2.05, 4.69) is 21.2 Å². The second-order valence-corrected chi connectivity index (χ2v) is 10.0. The van der Waals surface area contributed by atoms with Crippen LogP contribution in [0, 0.1) is 5.92 Å². The molecule has 2 aromatic carbocycles. The summed E-state index contributed by atoms with van der Waals surface area (Å²) in [6.07, 6.45) is 2.63. The molecule has 8 heteroatoms. The zero-order chi connectivity index (χ0) is 25.2. The van der Waals surface area contributed by atoms with Gasteiger partial charge in [0.1, 0.15) is 11.4 Å². The average molecular weight is 548 g/mol. The first-order valence-electron chi connectivity index (χ1n) is 11.8. The normalized spacial score (nSPS) is 18.8. The molecule has 2 aliphatic rings. The Morgan fingerprint density at radius 3 is 2.53 bits per heavy atom. The minimum Gasteiger partial charge on any atom is -0.497 e. The Morgan fingerprint density at radius 1 is 1.00 bits per heavy atom. The van der Waals surface area contributed by atoms with E-state index in [0.717, 1.165) is 17.7 Å². The molecule has 0 saturated carbocycles. The molecule has 0 spiro atoms. The molecule has 1 saturated heterocycles. The van der Waals surface area contributed by atoms with Crippen LogP contribution >= 0.6 is 15.9 Å². The number of carbonyl (C=O) groups is 2. The van der Waals surface area contributed by atoms with Gasteiger partial charge >= 0.3 is 0 Å². The maximum atomic E-state index is 13.8. The number of halogens is 1. The van der Waals surface area contributed by atoms with Crippen LogP contribution in [0.5, 0.6) is 5.75 Å². The number of rotatable bonds is 5. The fourth-order valence-electron chi connectivity index (χ4n) is 5.09. The molecule has 3 aromatic rings. The largest absolute Gasteiger partial charge is 0.497 e. The van der Waals surface area contributed by atoms with E-state index in [0.29, 0.717) is 35.4 Å². The van der Waals surface area contributed by atoms with E-state index in [4.69, 9.17) is 4.74 Å². The minimum absolute atomic E-state index is 0.00256. The lowest BCUT2D eigenvalue weighted by molar-refractivity contribution is -0.130. The Bertz CT molecular complexity index is 1400. The van der Waals surface area contributed by atoms with E-state index in [1.807, 2.05) is 41.0 Å². The SMILES string of the molecule is COc1ccc(C=C(NC(=O)c2ccccc2Br)C(=O)N2CC3CC(C2)c2cccc(=O)n2C3)cc1. The Labute approximate surface area is 217 Å². The maximum Gasteiger partial charge on any atom is 0.270 e. The lowest BCUT2D eigenvalue weighted by atomic mass is 9.83. The predicted molar refractivity (Wildman–Crippen MR) is 141 cm³/mol. The highest BCUT2D eigenvalue weighted by Crippen LogP contribution is 2.35. The molecule has 2 aliphatic heterocycles. The van der Waals surface area contributed by atoms with Crippen molar-refractivity contribution >= 4 is 33.8 Å². The van der Waals surface area contributed by atoms with Crippen LogP contribution in [-0.2, 0) is 11.3 Å². The number of fused-ring (bicyclic) bond motifs is 4. The molecule has 2 atom stereocenters. The van der Waals surface area contributed by atoms with Gasteiger partial charge in [-0.25, -0.2) is 0 Å². The van der Waals surface area contributed by atoms with Gasteiger partial charge in [0.25, 0.3) is 17.4 Å². The van der Waals surface area contributed by atoms with Crippen molar-refractivity contribution in [1.82, 2.24) is 14.8 Å². The number of ether oxygens (including phenoxy) is 1. The molecule has 0 radical (unpaired) electrons. The molecule has 2 bridgehead atoms. The van der Waals surface area contributed by atoms with Gasteiger partial charge in [0, 0.05) is 41.8 Å². The summed E-state index contributed by atoms with van der Waals surface area (Å²) >= 11 is 3.42. The lowest BCUT2D eigenvalue weighted by Crippen LogP contribution is -2.50. The van der Waals surface area contributed by atoms with Gasteiger partial charge in [0.15, 0.2) is 0 Å². The highest BCUT2D eigenvalue weighted by Gasteiger charge is 2.37. The Kier molecular flexibility index (Phi) is 6.78. The summed E-state index contributed by atoms with van der Waals surface area (Å²) in [4.78, 5) is 41.1. The van der Waals surface area contributed by atoms with Gasteiger partial charge in [-0.2, -0.15) is 0 Å². The first kappa shape index (κ1) is 24.1. The van der Waals surface area contributed by atoms with Crippen LogP contribution in [0.3, 0.4) is 0 Å². The van der Waals surface area contributed by atoms with E-state index in [1.54, 1.807) is 48.4 Å². The quantitative estimate of drug-likeness (QED) is 0.489. The number of pyridine rings is 1. The minimum atomic E-state index is -0.371. The number of methoxy groups -OCH3 is 1. The molecule has 2 unspecified atom stereocenters. The molecular weight excluding hydrogens is 522 g/mol. The zero-order valence-corrected chi connectivity index (χ0v) is 21.4. The number of hydrogen-bond donors (Lipinski definition) is 1. The van der Waals surface area contributed by atoms with Gasteiger partial charge in [-0.05, 0) is 70.2 Å². The van der Waals surface area contributed by atoms with E-state index in [1.165, 1.54) is 0 Å². The van der Waals surface area contributed by atoms with Crippen LogP contribution in [0.25, 0.3) is 6.08 Å². The Hall–Kier alpha value is -3.65. The van der Waals surface area contributed by atoms with Crippen molar-refractivity contribution in [2.75, 3.05) is 20.2 Å². The van der Waals surface area contributed by atoms with E-state index >= 15 is 0 Å². The van der Waals surface area contributed by atoms with Crippen molar-refractivity contribution in [2.45, 2.75) is 18.9 Å². The second kappa shape index (κ2) is 10.1. The van der Waals surface area contributed by atoms with Crippen LogP contribution in [-0.4, -0.2) is 41.5 Å². The highest BCUT2D eigenvalue weighted by atomic mass is 79.9. The second-order valence-electron chi connectivity index (χ2n) is 9.17. The molecule has 184 valence electrons. The summed E-state index contributed by atoms with van der Waals surface area (Å²) in [6, 6.07) is 19.7. The molecule has 2 amide bonds. The number of nitrogens with zero attached hydrogens (tertiary/aromatic N) is 2. The standard InChI is InChI=1S/C28H26BrN3O4/c1-36-21-11-9-18(10-12-21)14-24(30-27(34)22-5-2-3-6-23(22)29)28(35)31-15-19-13-20(17-31)25-7-4-8-26(33)32(25)16-19/h2-12,14,19-20H,13,15-17H2,1H3,(H,30,34). The van der Waals surface area contributed by atoms with Crippen molar-refractivity contribution in [3.8, 4) is 5.75 Å². The summed E-state index contributed by atoms with van der Waals surface area (Å²) in [5.74, 6) is 0.352. The number of aromatic nitrogens is 1. The maximum absolute atomic E-state index is 13.8. The third kappa shape index (κ3) is 4.86. The molecule has 7 nitrogen and oxygen atoms in total. The molecule has 36 heavy (non-hydrogen) atoms. The van der Waals surface area contributed by atoms with Crippen molar-refractivity contribution < 1.29 is 14.3 Å². The van der Waals surface area contributed by atoms with Crippen molar-refractivity contribution in [3.63, 3.8) is 0 Å². The van der Waals surface area contributed by atoms with Gasteiger partial charge in [-0.3, -0.25) is 14.4 Å². The van der Waals surface area contributed by atoms with Crippen LogP contribution in [0.2, 0.25) is 0 Å². The van der Waals surface area contributed by atoms with Crippen molar-refractivity contribution in [1.29, 1.82) is 0 Å². The number of nitrogens with one attached hydrogen (secondary N) is 1. The van der Waals surface area contributed by atoms with Crippen LogP contribution in [0.15, 0.2) is 81.7 Å².